The van der Waals surface area contributed by atoms with Crippen LogP contribution >= 0.6 is 47.8 Å². The maximum Gasteiger partial charge on any atom is 0.256 e. The van der Waals surface area contributed by atoms with Gasteiger partial charge in [-0.25, -0.2) is 0 Å². The first-order chi connectivity index (χ1) is 9.40. The van der Waals surface area contributed by atoms with Gasteiger partial charge in [0, 0.05) is 24.7 Å². The molecule has 0 aliphatic heterocycles. The molecule has 0 aliphatic carbocycles. The second-order valence-corrected chi connectivity index (χ2v) is 6.84. The van der Waals surface area contributed by atoms with Crippen molar-refractivity contribution in [2.24, 2.45) is 0 Å². The first-order valence-corrected chi connectivity index (χ1v) is 8.09. The molecule has 0 aromatic heterocycles. The molecule has 3 nitrogen and oxygen atoms in total. The summed E-state index contributed by atoms with van der Waals surface area (Å²) in [5.74, 6) is -0.205. The molecule has 104 valence electrons. The summed E-state index contributed by atoms with van der Waals surface area (Å²) in [5.41, 5.74) is 8.45. The Morgan fingerprint density at radius 1 is 1.15 bits per heavy atom. The van der Waals surface area contributed by atoms with Crippen molar-refractivity contribution in [1.29, 1.82) is 0 Å². The van der Waals surface area contributed by atoms with Crippen molar-refractivity contribution in [2.45, 2.75) is 6.92 Å². The molecule has 20 heavy (non-hydrogen) atoms. The molecule has 2 aromatic carbocycles. The molecule has 6 heteroatoms. The lowest BCUT2D eigenvalue weighted by Crippen LogP contribution is -2.15. The zero-order valence-electron chi connectivity index (χ0n) is 10.5. The van der Waals surface area contributed by atoms with Crippen LogP contribution in [0, 0.1) is 6.92 Å². The normalized spacial score (nSPS) is 10.4. The third-order valence-corrected chi connectivity index (χ3v) is 4.64. The highest BCUT2D eigenvalue weighted by Crippen LogP contribution is 2.31. The Morgan fingerprint density at radius 3 is 2.35 bits per heavy atom. The fraction of sp³-hybridized carbons (Fsp3) is 0.0714. The van der Waals surface area contributed by atoms with E-state index in [4.69, 9.17) is 5.73 Å². The molecular formula is C14H11Br3N2O. The second-order valence-electron chi connectivity index (χ2n) is 4.22. The number of benzene rings is 2. The zero-order valence-corrected chi connectivity index (χ0v) is 15.3. The van der Waals surface area contributed by atoms with E-state index in [2.05, 4.69) is 53.1 Å². The van der Waals surface area contributed by atoms with Gasteiger partial charge in [0.2, 0.25) is 0 Å². The predicted octanol–water partition coefficient (Wildman–Crippen LogP) is 5.12. The van der Waals surface area contributed by atoms with E-state index in [1.54, 1.807) is 12.1 Å². The van der Waals surface area contributed by atoms with Crippen LogP contribution in [0.4, 0.5) is 11.4 Å². The van der Waals surface area contributed by atoms with Gasteiger partial charge in [-0.1, -0.05) is 22.0 Å². The molecule has 1 amide bonds. The van der Waals surface area contributed by atoms with Crippen molar-refractivity contribution in [3.63, 3.8) is 0 Å². The number of nitrogen functional groups attached to an aromatic ring is 1. The van der Waals surface area contributed by atoms with Gasteiger partial charge in [0.05, 0.1) is 5.69 Å². The Bertz CT molecular complexity index is 666. The molecule has 0 aliphatic rings. The fourth-order valence-corrected chi connectivity index (χ4v) is 3.41. The quantitative estimate of drug-likeness (QED) is 0.609. The Hall–Kier alpha value is -0.850. The van der Waals surface area contributed by atoms with E-state index >= 15 is 0 Å². The Labute approximate surface area is 142 Å². The number of halogens is 3. The molecule has 0 unspecified atom stereocenters. The van der Waals surface area contributed by atoms with Crippen molar-refractivity contribution < 1.29 is 4.79 Å². The molecule has 0 bridgehead atoms. The van der Waals surface area contributed by atoms with Crippen LogP contribution < -0.4 is 11.1 Å². The largest absolute Gasteiger partial charge is 0.398 e. The topological polar surface area (TPSA) is 55.1 Å². The van der Waals surface area contributed by atoms with Crippen LogP contribution in [0.15, 0.2) is 43.7 Å². The Kier molecular flexibility index (Phi) is 4.88. The minimum Gasteiger partial charge on any atom is -0.398 e. The van der Waals surface area contributed by atoms with E-state index in [1.807, 2.05) is 25.1 Å². The minimum atomic E-state index is -0.205. The average molecular weight is 463 g/mol. The van der Waals surface area contributed by atoms with Gasteiger partial charge in [0.15, 0.2) is 0 Å². The highest BCUT2D eigenvalue weighted by Gasteiger charge is 2.15. The van der Waals surface area contributed by atoms with Gasteiger partial charge in [-0.3, -0.25) is 4.79 Å². The van der Waals surface area contributed by atoms with Crippen LogP contribution in [-0.4, -0.2) is 5.91 Å². The number of carbonyl (C=O) groups excluding carboxylic acids is 1. The molecule has 0 spiro atoms. The van der Waals surface area contributed by atoms with Gasteiger partial charge >= 0.3 is 0 Å². The van der Waals surface area contributed by atoms with Gasteiger partial charge in [-0.05, 0) is 68.6 Å². The summed E-state index contributed by atoms with van der Waals surface area (Å²) in [6.45, 7) is 1.83. The fourth-order valence-electron chi connectivity index (χ4n) is 1.73. The number of hydrogen-bond acceptors (Lipinski definition) is 2. The number of nitrogens with one attached hydrogen (secondary N) is 1. The molecule has 0 heterocycles. The van der Waals surface area contributed by atoms with E-state index in [0.717, 1.165) is 19.0 Å². The molecule has 2 aromatic rings. The van der Waals surface area contributed by atoms with E-state index in [0.29, 0.717) is 16.9 Å². The van der Waals surface area contributed by atoms with Crippen molar-refractivity contribution in [2.75, 3.05) is 11.1 Å². The third kappa shape index (κ3) is 3.24. The molecule has 0 radical (unpaired) electrons. The van der Waals surface area contributed by atoms with E-state index in [9.17, 15) is 4.79 Å². The van der Waals surface area contributed by atoms with Crippen LogP contribution in [0.2, 0.25) is 0 Å². The summed E-state index contributed by atoms with van der Waals surface area (Å²) in [4.78, 5) is 12.4. The maximum absolute atomic E-state index is 12.4. The molecular weight excluding hydrogens is 452 g/mol. The van der Waals surface area contributed by atoms with Crippen LogP contribution in [0.5, 0.6) is 0 Å². The van der Waals surface area contributed by atoms with Gasteiger partial charge in [0.25, 0.3) is 5.91 Å². The average Bonchev–Trinajstić information content (AvgIpc) is 2.38. The van der Waals surface area contributed by atoms with Gasteiger partial charge in [0.1, 0.15) is 0 Å². The Balaban J connectivity index is 2.39. The number of amides is 1. The van der Waals surface area contributed by atoms with Crippen molar-refractivity contribution >= 4 is 65.1 Å². The van der Waals surface area contributed by atoms with E-state index in [-0.39, 0.29) is 5.91 Å². The van der Waals surface area contributed by atoms with Gasteiger partial charge in [-0.15, -0.1) is 0 Å². The molecule has 0 saturated carbocycles. The van der Waals surface area contributed by atoms with Gasteiger partial charge in [-0.2, -0.15) is 0 Å². The van der Waals surface area contributed by atoms with Crippen LogP contribution in [0.1, 0.15) is 15.9 Å². The number of para-hydroxylation sites is 1. The van der Waals surface area contributed by atoms with Crippen molar-refractivity contribution in [1.82, 2.24) is 0 Å². The zero-order chi connectivity index (χ0) is 14.9. The maximum atomic E-state index is 12.4. The van der Waals surface area contributed by atoms with E-state index in [1.165, 1.54) is 0 Å². The highest BCUT2D eigenvalue weighted by atomic mass is 79.9. The smallest absolute Gasteiger partial charge is 0.256 e. The van der Waals surface area contributed by atoms with Crippen LogP contribution in [0.3, 0.4) is 0 Å². The molecule has 0 saturated heterocycles. The summed E-state index contributed by atoms with van der Waals surface area (Å²) < 4.78 is 2.39. The lowest BCUT2D eigenvalue weighted by Gasteiger charge is -2.12. The number of carbonyl (C=O) groups is 1. The van der Waals surface area contributed by atoms with Crippen LogP contribution in [0.25, 0.3) is 0 Å². The lowest BCUT2D eigenvalue weighted by molar-refractivity contribution is 0.102. The first kappa shape index (κ1) is 15.5. The number of anilines is 2. The number of rotatable bonds is 2. The first-order valence-electron chi connectivity index (χ1n) is 5.71. The summed E-state index contributed by atoms with van der Waals surface area (Å²) in [7, 11) is 0. The summed E-state index contributed by atoms with van der Waals surface area (Å²) in [6.07, 6.45) is 0. The van der Waals surface area contributed by atoms with Crippen molar-refractivity contribution in [3.05, 3.63) is 54.9 Å². The Morgan fingerprint density at radius 2 is 1.75 bits per heavy atom. The third-order valence-electron chi connectivity index (χ3n) is 2.86. The standard InChI is InChI=1S/C14H11Br3N2O/c1-7-9(5-8(15)6-12(7)18)14(20)19-13-10(16)3-2-4-11(13)17/h2-6H,18H2,1H3,(H,19,20). The van der Waals surface area contributed by atoms with Gasteiger partial charge < -0.3 is 11.1 Å². The predicted molar refractivity (Wildman–Crippen MR) is 93.1 cm³/mol. The van der Waals surface area contributed by atoms with E-state index < -0.39 is 0 Å². The molecule has 3 N–H and O–H groups in total. The summed E-state index contributed by atoms with van der Waals surface area (Å²) in [6, 6.07) is 9.14. The monoisotopic (exact) mass is 460 g/mol. The second kappa shape index (κ2) is 6.28. The van der Waals surface area contributed by atoms with Crippen LogP contribution in [-0.2, 0) is 0 Å². The lowest BCUT2D eigenvalue weighted by atomic mass is 10.1. The number of nitrogens with two attached hydrogens (primary N) is 1. The number of hydrogen-bond donors (Lipinski definition) is 2. The summed E-state index contributed by atoms with van der Waals surface area (Å²) >= 11 is 10.2. The summed E-state index contributed by atoms with van der Waals surface area (Å²) in [5, 5.41) is 2.88. The SMILES string of the molecule is Cc1c(N)cc(Br)cc1C(=O)Nc1c(Br)cccc1Br. The molecule has 2 rings (SSSR count). The molecule has 0 atom stereocenters. The highest BCUT2D eigenvalue weighted by molar-refractivity contribution is 9.11. The molecule has 0 fully saturated rings. The minimum absolute atomic E-state index is 0.205. The van der Waals surface area contributed by atoms with Crippen molar-refractivity contribution in [3.8, 4) is 0 Å².